The Morgan fingerprint density at radius 3 is 2.95 bits per heavy atom. The summed E-state index contributed by atoms with van der Waals surface area (Å²) in [7, 11) is 1.54. The number of aromatic nitrogens is 2. The number of hydrogen-bond acceptors (Lipinski definition) is 3. The van der Waals surface area contributed by atoms with Crippen LogP contribution in [0, 0.1) is 0 Å². The van der Waals surface area contributed by atoms with Gasteiger partial charge in [-0.1, -0.05) is 15.9 Å². The van der Waals surface area contributed by atoms with Crippen molar-refractivity contribution in [3.8, 4) is 5.75 Å². The van der Waals surface area contributed by atoms with E-state index in [4.69, 9.17) is 4.74 Å². The van der Waals surface area contributed by atoms with E-state index >= 15 is 0 Å². The van der Waals surface area contributed by atoms with Crippen LogP contribution in [0.4, 0.5) is 0 Å². The van der Waals surface area contributed by atoms with E-state index in [1.54, 1.807) is 31.6 Å². The van der Waals surface area contributed by atoms with Crippen LogP contribution >= 0.6 is 15.9 Å². The molecule has 0 aliphatic carbocycles. The van der Waals surface area contributed by atoms with Gasteiger partial charge >= 0.3 is 0 Å². The maximum absolute atomic E-state index is 12.2. The first kappa shape index (κ1) is 13.6. The van der Waals surface area contributed by atoms with Crippen LogP contribution in [-0.4, -0.2) is 23.2 Å². The first-order valence-electron chi connectivity index (χ1n) is 5.75. The molecule has 6 heteroatoms. The van der Waals surface area contributed by atoms with Gasteiger partial charge in [0.05, 0.1) is 24.9 Å². The zero-order chi connectivity index (χ0) is 13.8. The predicted octanol–water partition coefficient (Wildman–Crippen LogP) is 2.67. The maximum atomic E-state index is 12.2. The Balaban J connectivity index is 2.18. The Bertz CT molecular complexity index is 569. The van der Waals surface area contributed by atoms with Crippen molar-refractivity contribution in [1.29, 1.82) is 0 Å². The molecule has 1 unspecified atom stereocenters. The molecule has 1 aromatic heterocycles. The summed E-state index contributed by atoms with van der Waals surface area (Å²) in [5.41, 5.74) is 1.41. The van der Waals surface area contributed by atoms with Crippen molar-refractivity contribution >= 4 is 21.8 Å². The van der Waals surface area contributed by atoms with E-state index in [1.165, 1.54) is 0 Å². The standard InChI is InChI=1S/C13H14BrN3O2/c1-8(9-6-15-16-7-9)17-13(18)11-5-10(14)3-4-12(11)19-2/h3-8H,1-2H3,(H,15,16)(H,17,18). The average Bonchev–Trinajstić information content (AvgIpc) is 2.92. The molecule has 0 saturated carbocycles. The smallest absolute Gasteiger partial charge is 0.255 e. The number of rotatable bonds is 4. The van der Waals surface area contributed by atoms with Crippen molar-refractivity contribution < 1.29 is 9.53 Å². The van der Waals surface area contributed by atoms with E-state index in [1.807, 2.05) is 13.0 Å². The Morgan fingerprint density at radius 2 is 2.32 bits per heavy atom. The van der Waals surface area contributed by atoms with Gasteiger partial charge in [0.25, 0.3) is 5.91 Å². The molecule has 0 spiro atoms. The summed E-state index contributed by atoms with van der Waals surface area (Å²) in [6, 6.07) is 5.18. The van der Waals surface area contributed by atoms with Gasteiger partial charge in [0, 0.05) is 16.2 Å². The third-order valence-electron chi connectivity index (χ3n) is 2.77. The lowest BCUT2D eigenvalue weighted by Crippen LogP contribution is -2.26. The van der Waals surface area contributed by atoms with Crippen LogP contribution < -0.4 is 10.1 Å². The fraction of sp³-hybridized carbons (Fsp3) is 0.231. The summed E-state index contributed by atoms with van der Waals surface area (Å²) in [5, 5.41) is 9.49. The van der Waals surface area contributed by atoms with Crippen LogP contribution in [-0.2, 0) is 0 Å². The van der Waals surface area contributed by atoms with Gasteiger partial charge in [0.15, 0.2) is 0 Å². The monoisotopic (exact) mass is 323 g/mol. The Morgan fingerprint density at radius 1 is 1.53 bits per heavy atom. The Labute approximate surface area is 119 Å². The van der Waals surface area contributed by atoms with Crippen molar-refractivity contribution in [3.63, 3.8) is 0 Å². The van der Waals surface area contributed by atoms with E-state index in [9.17, 15) is 4.79 Å². The van der Waals surface area contributed by atoms with Crippen molar-refractivity contribution in [2.75, 3.05) is 7.11 Å². The van der Waals surface area contributed by atoms with E-state index in [-0.39, 0.29) is 11.9 Å². The van der Waals surface area contributed by atoms with Gasteiger partial charge in [0.2, 0.25) is 0 Å². The van der Waals surface area contributed by atoms with Crippen LogP contribution in [0.5, 0.6) is 5.75 Å². The molecule has 2 aromatic rings. The third-order valence-corrected chi connectivity index (χ3v) is 3.27. The zero-order valence-corrected chi connectivity index (χ0v) is 12.2. The van der Waals surface area contributed by atoms with Crippen LogP contribution in [0.3, 0.4) is 0 Å². The van der Waals surface area contributed by atoms with Crippen molar-refractivity contribution in [3.05, 3.63) is 46.2 Å². The van der Waals surface area contributed by atoms with E-state index < -0.39 is 0 Å². The molecule has 5 nitrogen and oxygen atoms in total. The molecular formula is C13H14BrN3O2. The van der Waals surface area contributed by atoms with E-state index in [0.29, 0.717) is 11.3 Å². The highest BCUT2D eigenvalue weighted by atomic mass is 79.9. The van der Waals surface area contributed by atoms with Crippen molar-refractivity contribution in [2.45, 2.75) is 13.0 Å². The quantitative estimate of drug-likeness (QED) is 0.909. The second-order valence-corrected chi connectivity index (χ2v) is 4.99. The average molecular weight is 324 g/mol. The minimum absolute atomic E-state index is 0.130. The minimum atomic E-state index is -0.188. The molecule has 0 aliphatic heterocycles. The molecule has 1 atom stereocenters. The van der Waals surface area contributed by atoms with Crippen LogP contribution in [0.25, 0.3) is 0 Å². The number of nitrogens with zero attached hydrogens (tertiary/aromatic N) is 1. The number of carbonyl (C=O) groups is 1. The highest BCUT2D eigenvalue weighted by molar-refractivity contribution is 9.10. The molecule has 0 bridgehead atoms. The molecule has 1 aromatic carbocycles. The predicted molar refractivity (Wildman–Crippen MR) is 75.2 cm³/mol. The second-order valence-electron chi connectivity index (χ2n) is 4.07. The van der Waals surface area contributed by atoms with Gasteiger partial charge in [-0.2, -0.15) is 5.10 Å². The molecular weight excluding hydrogens is 310 g/mol. The highest BCUT2D eigenvalue weighted by Gasteiger charge is 2.16. The SMILES string of the molecule is COc1ccc(Br)cc1C(=O)NC(C)c1cn[nH]c1. The molecule has 0 aliphatic rings. The van der Waals surface area contributed by atoms with Gasteiger partial charge in [-0.25, -0.2) is 0 Å². The summed E-state index contributed by atoms with van der Waals surface area (Å²) in [6.07, 6.45) is 3.44. The third kappa shape index (κ3) is 3.14. The molecule has 0 saturated heterocycles. The molecule has 100 valence electrons. The molecule has 0 fully saturated rings. The number of benzene rings is 1. The summed E-state index contributed by atoms with van der Waals surface area (Å²) in [5.74, 6) is 0.354. The second kappa shape index (κ2) is 5.88. The molecule has 2 N–H and O–H groups in total. The number of halogens is 1. The van der Waals surface area contributed by atoms with Gasteiger partial charge < -0.3 is 10.1 Å². The van der Waals surface area contributed by atoms with Crippen molar-refractivity contribution in [2.24, 2.45) is 0 Å². The van der Waals surface area contributed by atoms with Gasteiger partial charge in [-0.3, -0.25) is 9.89 Å². The molecule has 1 heterocycles. The van der Waals surface area contributed by atoms with Crippen molar-refractivity contribution in [1.82, 2.24) is 15.5 Å². The lowest BCUT2D eigenvalue weighted by atomic mass is 10.1. The van der Waals surface area contributed by atoms with Crippen LogP contribution in [0.1, 0.15) is 28.9 Å². The van der Waals surface area contributed by atoms with E-state index in [2.05, 4.69) is 31.4 Å². The Kier molecular flexibility index (Phi) is 4.21. The van der Waals surface area contributed by atoms with Crippen LogP contribution in [0.2, 0.25) is 0 Å². The number of ether oxygens (including phenoxy) is 1. The maximum Gasteiger partial charge on any atom is 0.255 e. The lowest BCUT2D eigenvalue weighted by molar-refractivity contribution is 0.0937. The molecule has 0 radical (unpaired) electrons. The first-order chi connectivity index (χ1) is 9.11. The first-order valence-corrected chi connectivity index (χ1v) is 6.54. The molecule has 2 rings (SSSR count). The van der Waals surface area contributed by atoms with E-state index in [0.717, 1.165) is 10.0 Å². The number of aromatic amines is 1. The van der Waals surface area contributed by atoms with Gasteiger partial charge in [-0.05, 0) is 25.1 Å². The van der Waals surface area contributed by atoms with Crippen LogP contribution in [0.15, 0.2) is 35.1 Å². The normalized spacial score (nSPS) is 11.9. The number of nitrogens with one attached hydrogen (secondary N) is 2. The molecule has 19 heavy (non-hydrogen) atoms. The number of carbonyl (C=O) groups excluding carboxylic acids is 1. The summed E-state index contributed by atoms with van der Waals surface area (Å²) < 4.78 is 6.02. The van der Waals surface area contributed by atoms with Gasteiger partial charge in [-0.15, -0.1) is 0 Å². The lowest BCUT2D eigenvalue weighted by Gasteiger charge is -2.14. The number of amides is 1. The summed E-state index contributed by atoms with van der Waals surface area (Å²) in [6.45, 7) is 1.90. The largest absolute Gasteiger partial charge is 0.496 e. The van der Waals surface area contributed by atoms with Gasteiger partial charge in [0.1, 0.15) is 5.75 Å². The number of methoxy groups -OCH3 is 1. The molecule has 1 amide bonds. The fourth-order valence-corrected chi connectivity index (χ4v) is 2.07. The number of hydrogen-bond donors (Lipinski definition) is 2. The topological polar surface area (TPSA) is 67.0 Å². The summed E-state index contributed by atoms with van der Waals surface area (Å²) >= 11 is 3.35. The minimum Gasteiger partial charge on any atom is -0.496 e. The Hall–Kier alpha value is -1.82. The fourth-order valence-electron chi connectivity index (χ4n) is 1.71. The number of H-pyrrole nitrogens is 1. The zero-order valence-electron chi connectivity index (χ0n) is 10.6. The summed E-state index contributed by atoms with van der Waals surface area (Å²) in [4.78, 5) is 12.2. The highest BCUT2D eigenvalue weighted by Crippen LogP contribution is 2.23.